The molecule has 0 amide bonds. The lowest BCUT2D eigenvalue weighted by atomic mass is 9.68. The molecule has 2 aliphatic rings. The summed E-state index contributed by atoms with van der Waals surface area (Å²) in [5.74, 6) is 0.712. The van der Waals surface area contributed by atoms with Crippen LogP contribution in [0.15, 0.2) is 0 Å². The first kappa shape index (κ1) is 14.9. The summed E-state index contributed by atoms with van der Waals surface area (Å²) < 4.78 is 0. The Morgan fingerprint density at radius 1 is 0.833 bits per heavy atom. The van der Waals surface area contributed by atoms with Gasteiger partial charge in [0.05, 0.1) is 12.2 Å². The van der Waals surface area contributed by atoms with Crippen LogP contribution >= 0.6 is 23.2 Å². The van der Waals surface area contributed by atoms with E-state index >= 15 is 0 Å². The van der Waals surface area contributed by atoms with Gasteiger partial charge in [-0.05, 0) is 56.3 Å². The minimum absolute atomic E-state index is 0.174. The summed E-state index contributed by atoms with van der Waals surface area (Å²) in [6.07, 6.45) is 4.57. The summed E-state index contributed by atoms with van der Waals surface area (Å²) in [5.41, 5.74) is 0. The smallest absolute Gasteiger partial charge is 0.0572 e. The number of alkyl halides is 2. The highest BCUT2D eigenvalue weighted by Gasteiger charge is 2.40. The maximum atomic E-state index is 10.2. The molecule has 0 aromatic carbocycles. The zero-order valence-electron chi connectivity index (χ0n) is 10.9. The van der Waals surface area contributed by atoms with Crippen LogP contribution in [0.3, 0.4) is 0 Å². The highest BCUT2D eigenvalue weighted by molar-refractivity contribution is 6.20. The SMILES string of the molecule is CC(C1CC(Cl)CCC1O)C1CC(Cl)CCC1O. The Labute approximate surface area is 120 Å². The first-order valence-corrected chi connectivity index (χ1v) is 8.00. The first-order chi connectivity index (χ1) is 8.49. The number of hydrogen-bond acceptors (Lipinski definition) is 2. The van der Waals surface area contributed by atoms with Crippen molar-refractivity contribution in [3.05, 3.63) is 0 Å². The lowest BCUT2D eigenvalue weighted by Gasteiger charge is -2.42. The van der Waals surface area contributed by atoms with Crippen molar-refractivity contribution in [2.75, 3.05) is 0 Å². The molecule has 0 aromatic heterocycles. The second-order valence-corrected chi connectivity index (χ2v) is 7.38. The van der Waals surface area contributed by atoms with Crippen LogP contribution in [-0.2, 0) is 0 Å². The molecule has 106 valence electrons. The van der Waals surface area contributed by atoms with E-state index in [-0.39, 0.29) is 40.7 Å². The molecule has 6 unspecified atom stereocenters. The summed E-state index contributed by atoms with van der Waals surface area (Å²) in [6, 6.07) is 0. The monoisotopic (exact) mass is 294 g/mol. The second kappa shape index (κ2) is 6.30. The van der Waals surface area contributed by atoms with E-state index in [0.29, 0.717) is 0 Å². The van der Waals surface area contributed by atoms with Crippen molar-refractivity contribution < 1.29 is 10.2 Å². The maximum Gasteiger partial charge on any atom is 0.0572 e. The third-order valence-corrected chi connectivity index (χ3v) is 5.74. The lowest BCUT2D eigenvalue weighted by Crippen LogP contribution is -2.42. The molecule has 0 heterocycles. The van der Waals surface area contributed by atoms with Gasteiger partial charge in [-0.25, -0.2) is 0 Å². The second-order valence-electron chi connectivity index (χ2n) is 6.14. The quantitative estimate of drug-likeness (QED) is 0.768. The summed E-state index contributed by atoms with van der Waals surface area (Å²) >= 11 is 12.5. The van der Waals surface area contributed by atoms with Crippen LogP contribution in [0.25, 0.3) is 0 Å². The molecule has 2 saturated carbocycles. The Balaban J connectivity index is 2.01. The van der Waals surface area contributed by atoms with Crippen LogP contribution in [0, 0.1) is 17.8 Å². The van der Waals surface area contributed by atoms with E-state index in [0.717, 1.165) is 38.5 Å². The Hall–Kier alpha value is 0.500. The number of halogens is 2. The van der Waals surface area contributed by atoms with Crippen LogP contribution in [-0.4, -0.2) is 33.2 Å². The van der Waals surface area contributed by atoms with Gasteiger partial charge in [-0.2, -0.15) is 0 Å². The van der Waals surface area contributed by atoms with Gasteiger partial charge in [-0.1, -0.05) is 6.92 Å². The van der Waals surface area contributed by atoms with Gasteiger partial charge in [-0.3, -0.25) is 0 Å². The lowest BCUT2D eigenvalue weighted by molar-refractivity contribution is -0.0229. The number of aliphatic hydroxyl groups excluding tert-OH is 2. The molecule has 2 rings (SSSR count). The largest absolute Gasteiger partial charge is 0.393 e. The van der Waals surface area contributed by atoms with Gasteiger partial charge in [0, 0.05) is 10.8 Å². The van der Waals surface area contributed by atoms with E-state index < -0.39 is 0 Å². The Bertz CT molecular complexity index is 249. The van der Waals surface area contributed by atoms with Gasteiger partial charge in [-0.15, -0.1) is 23.2 Å². The third kappa shape index (κ3) is 3.33. The number of rotatable bonds is 2. The van der Waals surface area contributed by atoms with E-state index in [1.807, 2.05) is 0 Å². The van der Waals surface area contributed by atoms with Crippen molar-refractivity contribution in [2.24, 2.45) is 17.8 Å². The van der Waals surface area contributed by atoms with Crippen molar-refractivity contribution >= 4 is 23.2 Å². The Kier molecular flexibility index (Phi) is 5.21. The van der Waals surface area contributed by atoms with Gasteiger partial charge >= 0.3 is 0 Å². The molecule has 2 aliphatic carbocycles. The molecule has 2 fully saturated rings. The average molecular weight is 295 g/mol. The van der Waals surface area contributed by atoms with Crippen LogP contribution in [0.5, 0.6) is 0 Å². The van der Waals surface area contributed by atoms with E-state index in [2.05, 4.69) is 6.92 Å². The zero-order chi connectivity index (χ0) is 13.3. The average Bonchev–Trinajstić information content (AvgIpc) is 2.34. The third-order valence-electron chi connectivity index (χ3n) is 4.95. The summed E-state index contributed by atoms with van der Waals surface area (Å²) in [7, 11) is 0. The molecule has 2 N–H and O–H groups in total. The Morgan fingerprint density at radius 2 is 1.22 bits per heavy atom. The maximum absolute atomic E-state index is 10.2. The fourth-order valence-electron chi connectivity index (χ4n) is 3.72. The van der Waals surface area contributed by atoms with Crippen molar-refractivity contribution in [2.45, 2.75) is 68.4 Å². The molecule has 4 heteroatoms. The summed E-state index contributed by atoms with van der Waals surface area (Å²) in [4.78, 5) is 0. The summed E-state index contributed by atoms with van der Waals surface area (Å²) in [5, 5.41) is 20.7. The topological polar surface area (TPSA) is 40.5 Å². The van der Waals surface area contributed by atoms with Gasteiger partial charge in [0.1, 0.15) is 0 Å². The predicted octanol–water partition coefficient (Wildman–Crippen LogP) is 3.16. The first-order valence-electron chi connectivity index (χ1n) is 7.13. The number of aliphatic hydroxyl groups is 2. The number of hydrogen-bond donors (Lipinski definition) is 2. The fraction of sp³-hybridized carbons (Fsp3) is 1.00. The van der Waals surface area contributed by atoms with E-state index in [9.17, 15) is 10.2 Å². The predicted molar refractivity (Wildman–Crippen MR) is 75.1 cm³/mol. The molecule has 6 atom stereocenters. The molecule has 0 saturated heterocycles. The van der Waals surface area contributed by atoms with Crippen LogP contribution < -0.4 is 0 Å². The summed E-state index contributed by atoms with van der Waals surface area (Å²) in [6.45, 7) is 2.14. The van der Waals surface area contributed by atoms with Gasteiger partial charge < -0.3 is 10.2 Å². The zero-order valence-corrected chi connectivity index (χ0v) is 12.4. The van der Waals surface area contributed by atoms with Crippen molar-refractivity contribution in [3.63, 3.8) is 0 Å². The van der Waals surface area contributed by atoms with Crippen molar-refractivity contribution in [1.82, 2.24) is 0 Å². The molecule has 18 heavy (non-hydrogen) atoms. The van der Waals surface area contributed by atoms with E-state index in [1.165, 1.54) is 0 Å². The molecule has 0 aliphatic heterocycles. The molecule has 0 spiro atoms. The molecular weight excluding hydrogens is 271 g/mol. The van der Waals surface area contributed by atoms with Crippen LogP contribution in [0.2, 0.25) is 0 Å². The van der Waals surface area contributed by atoms with Crippen LogP contribution in [0.4, 0.5) is 0 Å². The normalized spacial score (nSPS) is 47.8. The molecular formula is C14H24Cl2O2. The minimum Gasteiger partial charge on any atom is -0.393 e. The van der Waals surface area contributed by atoms with Crippen molar-refractivity contribution in [3.8, 4) is 0 Å². The molecule has 0 aromatic rings. The van der Waals surface area contributed by atoms with Crippen molar-refractivity contribution in [1.29, 1.82) is 0 Å². The minimum atomic E-state index is -0.266. The highest BCUT2D eigenvalue weighted by atomic mass is 35.5. The van der Waals surface area contributed by atoms with E-state index in [1.54, 1.807) is 0 Å². The van der Waals surface area contributed by atoms with E-state index in [4.69, 9.17) is 23.2 Å². The molecule has 0 radical (unpaired) electrons. The van der Waals surface area contributed by atoms with Gasteiger partial charge in [0.2, 0.25) is 0 Å². The van der Waals surface area contributed by atoms with Gasteiger partial charge in [0.15, 0.2) is 0 Å². The van der Waals surface area contributed by atoms with Gasteiger partial charge in [0.25, 0.3) is 0 Å². The Morgan fingerprint density at radius 3 is 1.61 bits per heavy atom. The highest BCUT2D eigenvalue weighted by Crippen LogP contribution is 2.42. The molecule has 2 nitrogen and oxygen atoms in total. The molecule has 0 bridgehead atoms. The van der Waals surface area contributed by atoms with Crippen LogP contribution in [0.1, 0.15) is 45.4 Å². The fourth-order valence-corrected chi connectivity index (χ4v) is 4.38. The standard InChI is InChI=1S/C14H24Cl2O2/c1-8(11-6-9(15)2-4-13(11)17)12-7-10(16)3-5-14(12)18/h8-14,17-18H,2-7H2,1H3.